The van der Waals surface area contributed by atoms with Gasteiger partial charge in [-0.3, -0.25) is 0 Å². The molecule has 0 saturated carbocycles. The van der Waals surface area contributed by atoms with Gasteiger partial charge >= 0.3 is 0 Å². The van der Waals surface area contributed by atoms with E-state index in [1.807, 2.05) is 0 Å². The second-order valence-corrected chi connectivity index (χ2v) is 4.15. The third-order valence-corrected chi connectivity index (χ3v) is 3.11. The van der Waals surface area contributed by atoms with E-state index in [0.717, 1.165) is 32.5 Å². The van der Waals surface area contributed by atoms with Gasteiger partial charge in [-0.1, -0.05) is 34.1 Å². The summed E-state index contributed by atoms with van der Waals surface area (Å²) >= 11 is 0. The molecular weight excluding hydrogens is 174 g/mol. The average molecular weight is 201 g/mol. The molecule has 0 aliphatic rings. The van der Waals surface area contributed by atoms with Gasteiger partial charge in [-0.25, -0.2) is 0 Å². The Hall–Kier alpha value is -0.0800. The van der Waals surface area contributed by atoms with Crippen LogP contribution in [0.3, 0.4) is 0 Å². The second-order valence-electron chi connectivity index (χ2n) is 4.15. The van der Waals surface area contributed by atoms with Crippen LogP contribution in [-0.4, -0.2) is 35.2 Å². The molecule has 0 saturated heterocycles. The Bertz CT molecular complexity index is 132. The molecule has 1 N–H and O–H groups in total. The van der Waals surface area contributed by atoms with Crippen molar-refractivity contribution in [2.24, 2.45) is 0 Å². The summed E-state index contributed by atoms with van der Waals surface area (Å²) in [6.07, 6.45) is 4.17. The normalized spacial score (nSPS) is 12.4. The molecule has 14 heavy (non-hydrogen) atoms. The van der Waals surface area contributed by atoms with Crippen molar-refractivity contribution in [3.63, 3.8) is 0 Å². The van der Waals surface area contributed by atoms with Gasteiger partial charge in [-0.05, 0) is 32.4 Å². The molecule has 86 valence electrons. The van der Waals surface area contributed by atoms with Crippen LogP contribution >= 0.6 is 0 Å². The number of rotatable bonds is 8. The Morgan fingerprint density at radius 1 is 1.07 bits per heavy atom. The van der Waals surface area contributed by atoms with Crippen LogP contribution in [0.2, 0.25) is 0 Å². The van der Waals surface area contributed by atoms with Crippen molar-refractivity contribution in [2.75, 3.05) is 19.6 Å². The molecule has 0 fully saturated rings. The molecule has 0 rings (SSSR count). The van der Waals surface area contributed by atoms with E-state index >= 15 is 0 Å². The van der Waals surface area contributed by atoms with Gasteiger partial charge in [0.2, 0.25) is 0 Å². The number of nitrogens with zero attached hydrogens (tertiary/aromatic N) is 1. The van der Waals surface area contributed by atoms with Crippen molar-refractivity contribution in [2.45, 2.75) is 59.0 Å². The summed E-state index contributed by atoms with van der Waals surface area (Å²) in [5, 5.41) is 10.2. The van der Waals surface area contributed by atoms with Crippen molar-refractivity contribution < 1.29 is 5.11 Å². The first-order chi connectivity index (χ1) is 6.61. The molecular formula is C12H27NO. The minimum Gasteiger partial charge on any atom is -0.389 e. The summed E-state index contributed by atoms with van der Waals surface area (Å²) in [5.74, 6) is 0. The fraction of sp³-hybridized carbons (Fsp3) is 1.00. The number of unbranched alkanes of at least 4 members (excludes halogenated alkanes) is 1. The first kappa shape index (κ1) is 13.9. The van der Waals surface area contributed by atoms with Crippen molar-refractivity contribution in [3.05, 3.63) is 0 Å². The van der Waals surface area contributed by atoms with Gasteiger partial charge in [0.05, 0.1) is 5.60 Å². The maximum atomic E-state index is 10.2. The number of hydrogen-bond donors (Lipinski definition) is 1. The fourth-order valence-electron chi connectivity index (χ4n) is 1.62. The van der Waals surface area contributed by atoms with E-state index < -0.39 is 5.60 Å². The highest BCUT2D eigenvalue weighted by molar-refractivity contribution is 4.79. The van der Waals surface area contributed by atoms with Crippen LogP contribution in [0.5, 0.6) is 0 Å². The van der Waals surface area contributed by atoms with Gasteiger partial charge < -0.3 is 10.0 Å². The maximum Gasteiger partial charge on any atom is 0.0768 e. The number of hydrogen-bond acceptors (Lipinski definition) is 2. The lowest BCUT2D eigenvalue weighted by molar-refractivity contribution is -0.00240. The van der Waals surface area contributed by atoms with Crippen LogP contribution < -0.4 is 0 Å². The molecule has 0 unspecified atom stereocenters. The smallest absolute Gasteiger partial charge is 0.0768 e. The zero-order valence-electron chi connectivity index (χ0n) is 10.3. The second kappa shape index (κ2) is 7.24. The van der Waals surface area contributed by atoms with Crippen LogP contribution in [-0.2, 0) is 0 Å². The van der Waals surface area contributed by atoms with Crippen LogP contribution in [0.4, 0.5) is 0 Å². The molecule has 0 aromatic heterocycles. The van der Waals surface area contributed by atoms with Crippen molar-refractivity contribution in [1.29, 1.82) is 0 Å². The Morgan fingerprint density at radius 2 is 1.64 bits per heavy atom. The third kappa shape index (κ3) is 4.97. The summed E-state index contributed by atoms with van der Waals surface area (Å²) in [6.45, 7) is 11.5. The maximum absolute atomic E-state index is 10.2. The molecule has 0 aromatic carbocycles. The van der Waals surface area contributed by atoms with Crippen LogP contribution in [0.25, 0.3) is 0 Å². The highest BCUT2D eigenvalue weighted by atomic mass is 16.3. The Balaban J connectivity index is 4.00. The fourth-order valence-corrected chi connectivity index (χ4v) is 1.62. The zero-order chi connectivity index (χ0) is 11.0. The van der Waals surface area contributed by atoms with Gasteiger partial charge in [-0.15, -0.1) is 0 Å². The van der Waals surface area contributed by atoms with E-state index in [1.54, 1.807) is 0 Å². The lowest BCUT2D eigenvalue weighted by atomic mass is 9.96. The summed E-state index contributed by atoms with van der Waals surface area (Å²) in [7, 11) is 0. The molecule has 0 aliphatic carbocycles. The lowest BCUT2D eigenvalue weighted by Crippen LogP contribution is -2.42. The van der Waals surface area contributed by atoms with Crippen molar-refractivity contribution >= 4 is 0 Å². The zero-order valence-corrected chi connectivity index (χ0v) is 10.3. The van der Waals surface area contributed by atoms with Crippen molar-refractivity contribution in [3.8, 4) is 0 Å². The van der Waals surface area contributed by atoms with Crippen LogP contribution in [0.15, 0.2) is 0 Å². The molecule has 0 bridgehead atoms. The molecule has 2 heteroatoms. The quantitative estimate of drug-likeness (QED) is 0.652. The topological polar surface area (TPSA) is 23.5 Å². The molecule has 0 radical (unpaired) electrons. The minimum atomic E-state index is -0.469. The largest absolute Gasteiger partial charge is 0.389 e. The van der Waals surface area contributed by atoms with Crippen LogP contribution in [0.1, 0.15) is 53.4 Å². The third-order valence-electron chi connectivity index (χ3n) is 3.11. The predicted octanol–water partition coefficient (Wildman–Crippen LogP) is 2.66. The highest BCUT2D eigenvalue weighted by Gasteiger charge is 2.24. The Labute approximate surface area is 89.3 Å². The van der Waals surface area contributed by atoms with Gasteiger partial charge in [0.1, 0.15) is 0 Å². The molecule has 0 heterocycles. The Morgan fingerprint density at radius 3 is 2.00 bits per heavy atom. The van der Waals surface area contributed by atoms with E-state index in [2.05, 4.69) is 32.6 Å². The number of aliphatic hydroxyl groups is 1. The monoisotopic (exact) mass is 201 g/mol. The average Bonchev–Trinajstić information content (AvgIpc) is 2.23. The first-order valence-electron chi connectivity index (χ1n) is 6.06. The Kier molecular flexibility index (Phi) is 7.20. The van der Waals surface area contributed by atoms with E-state index in [-0.39, 0.29) is 0 Å². The van der Waals surface area contributed by atoms with E-state index in [0.29, 0.717) is 0 Å². The predicted molar refractivity (Wildman–Crippen MR) is 62.6 cm³/mol. The van der Waals surface area contributed by atoms with Gasteiger partial charge in [-0.2, -0.15) is 0 Å². The summed E-state index contributed by atoms with van der Waals surface area (Å²) in [5.41, 5.74) is -0.469. The molecule has 0 aromatic rings. The van der Waals surface area contributed by atoms with E-state index in [1.165, 1.54) is 12.8 Å². The molecule has 0 amide bonds. The van der Waals surface area contributed by atoms with Gasteiger partial charge in [0.25, 0.3) is 0 Å². The van der Waals surface area contributed by atoms with Crippen LogP contribution in [0, 0.1) is 0 Å². The number of likely N-dealkylation sites (N-methyl/N-ethyl adjacent to an activating group) is 1. The summed E-state index contributed by atoms with van der Waals surface area (Å²) in [4.78, 5) is 2.36. The van der Waals surface area contributed by atoms with Gasteiger partial charge in [0.15, 0.2) is 0 Å². The summed E-state index contributed by atoms with van der Waals surface area (Å²) < 4.78 is 0. The lowest BCUT2D eigenvalue weighted by Gasteiger charge is -2.32. The molecule has 0 aliphatic heterocycles. The van der Waals surface area contributed by atoms with E-state index in [9.17, 15) is 5.11 Å². The van der Waals surface area contributed by atoms with Gasteiger partial charge in [0, 0.05) is 6.54 Å². The molecule has 2 nitrogen and oxygen atoms in total. The van der Waals surface area contributed by atoms with Crippen molar-refractivity contribution in [1.82, 2.24) is 4.90 Å². The highest BCUT2D eigenvalue weighted by Crippen LogP contribution is 2.16. The summed E-state index contributed by atoms with van der Waals surface area (Å²) in [6, 6.07) is 0. The standard InChI is InChI=1S/C12H27NO/c1-5-9-10-13(8-4)11-12(14,6-2)7-3/h14H,5-11H2,1-4H3. The minimum absolute atomic E-state index is 0.469. The van der Waals surface area contributed by atoms with E-state index in [4.69, 9.17) is 0 Å². The first-order valence-corrected chi connectivity index (χ1v) is 6.06. The molecule has 0 atom stereocenters. The SMILES string of the molecule is CCCCN(CC)CC(O)(CC)CC. The molecule has 0 spiro atoms.